The van der Waals surface area contributed by atoms with Crippen molar-refractivity contribution in [2.75, 3.05) is 39.9 Å². The molecule has 1 saturated carbocycles. The summed E-state index contributed by atoms with van der Waals surface area (Å²) in [4.78, 5) is 6.99. The number of hydrogen-bond acceptors (Lipinski definition) is 2. The first-order chi connectivity index (χ1) is 11.7. The van der Waals surface area contributed by atoms with Crippen molar-refractivity contribution in [2.24, 2.45) is 15.8 Å². The fourth-order valence-electron chi connectivity index (χ4n) is 4.31. The molecule has 4 rings (SSSR count). The van der Waals surface area contributed by atoms with Crippen molar-refractivity contribution in [2.45, 2.75) is 32.1 Å². The molecule has 25 heavy (non-hydrogen) atoms. The first-order valence-corrected chi connectivity index (χ1v) is 9.30. The standard InChI is InChI=1S/C20H29N3O.HI/c1-21-18(23-11-9-20(15-23)10-12-24-16-20)22-14-19(7-8-19)13-17-5-3-2-4-6-17;/h2-6H,7-16H2,1H3,(H,21,22);1H. The molecule has 1 unspecified atom stereocenters. The number of rotatable bonds is 4. The van der Waals surface area contributed by atoms with Gasteiger partial charge in [0, 0.05) is 38.7 Å². The van der Waals surface area contributed by atoms with Crippen molar-refractivity contribution in [3.63, 3.8) is 0 Å². The Hall–Kier alpha value is -0.820. The van der Waals surface area contributed by atoms with Crippen molar-refractivity contribution in [3.05, 3.63) is 35.9 Å². The van der Waals surface area contributed by atoms with Gasteiger partial charge in [-0.3, -0.25) is 4.99 Å². The fraction of sp³-hybridized carbons (Fsp3) is 0.650. The molecule has 2 aliphatic heterocycles. The van der Waals surface area contributed by atoms with Gasteiger partial charge >= 0.3 is 0 Å². The molecule has 1 aromatic rings. The number of nitrogens with one attached hydrogen (secondary N) is 1. The van der Waals surface area contributed by atoms with Crippen molar-refractivity contribution in [1.82, 2.24) is 10.2 Å². The minimum Gasteiger partial charge on any atom is -0.381 e. The quantitative estimate of drug-likeness (QED) is 0.430. The smallest absolute Gasteiger partial charge is 0.193 e. The van der Waals surface area contributed by atoms with Crippen LogP contribution in [-0.4, -0.2) is 50.8 Å². The monoisotopic (exact) mass is 455 g/mol. The summed E-state index contributed by atoms with van der Waals surface area (Å²) < 4.78 is 5.65. The van der Waals surface area contributed by atoms with E-state index in [0.29, 0.717) is 10.8 Å². The van der Waals surface area contributed by atoms with Crippen LogP contribution in [0.25, 0.3) is 0 Å². The molecule has 1 aromatic carbocycles. The van der Waals surface area contributed by atoms with Gasteiger partial charge in [-0.1, -0.05) is 30.3 Å². The van der Waals surface area contributed by atoms with Crippen LogP contribution in [0.2, 0.25) is 0 Å². The van der Waals surface area contributed by atoms with E-state index in [2.05, 4.69) is 45.5 Å². The Balaban J connectivity index is 0.00000182. The molecule has 1 aliphatic carbocycles. The van der Waals surface area contributed by atoms with E-state index in [1.165, 1.54) is 37.7 Å². The van der Waals surface area contributed by atoms with Gasteiger partial charge in [-0.2, -0.15) is 0 Å². The number of likely N-dealkylation sites (tertiary alicyclic amines) is 1. The van der Waals surface area contributed by atoms with Gasteiger partial charge in [-0.15, -0.1) is 24.0 Å². The Bertz CT molecular complexity index is 594. The van der Waals surface area contributed by atoms with Crippen molar-refractivity contribution in [1.29, 1.82) is 0 Å². The normalized spacial score (nSPS) is 27.4. The Morgan fingerprint density at radius 1 is 1.20 bits per heavy atom. The highest BCUT2D eigenvalue weighted by Gasteiger charge is 2.44. The molecule has 2 saturated heterocycles. The summed E-state index contributed by atoms with van der Waals surface area (Å²) in [5, 5.41) is 3.68. The molecule has 0 bridgehead atoms. The van der Waals surface area contributed by atoms with Gasteiger partial charge in [0.1, 0.15) is 0 Å². The molecule has 4 nitrogen and oxygen atoms in total. The van der Waals surface area contributed by atoms with Gasteiger partial charge in [-0.25, -0.2) is 0 Å². The summed E-state index contributed by atoms with van der Waals surface area (Å²) in [6, 6.07) is 10.9. The van der Waals surface area contributed by atoms with Gasteiger partial charge in [0.05, 0.1) is 6.61 Å². The highest BCUT2D eigenvalue weighted by molar-refractivity contribution is 14.0. The second kappa shape index (κ2) is 7.82. The topological polar surface area (TPSA) is 36.9 Å². The number of ether oxygens (including phenoxy) is 1. The van der Waals surface area contributed by atoms with Crippen LogP contribution in [0.1, 0.15) is 31.2 Å². The molecule has 5 heteroatoms. The Labute approximate surface area is 168 Å². The van der Waals surface area contributed by atoms with E-state index in [-0.39, 0.29) is 24.0 Å². The maximum absolute atomic E-state index is 5.65. The lowest BCUT2D eigenvalue weighted by Gasteiger charge is -2.26. The predicted molar refractivity (Wildman–Crippen MR) is 113 cm³/mol. The number of hydrogen-bond donors (Lipinski definition) is 1. The zero-order valence-corrected chi connectivity index (χ0v) is 17.5. The summed E-state index contributed by atoms with van der Waals surface area (Å²) in [5.41, 5.74) is 2.28. The highest BCUT2D eigenvalue weighted by atomic mass is 127. The Kier molecular flexibility index (Phi) is 5.93. The number of aliphatic imine (C=N–C) groups is 1. The summed E-state index contributed by atoms with van der Waals surface area (Å²) in [7, 11) is 1.91. The zero-order valence-electron chi connectivity index (χ0n) is 15.2. The third kappa shape index (κ3) is 4.30. The summed E-state index contributed by atoms with van der Waals surface area (Å²) >= 11 is 0. The Morgan fingerprint density at radius 2 is 2.00 bits per heavy atom. The minimum atomic E-state index is 0. The molecule has 1 N–H and O–H groups in total. The van der Waals surface area contributed by atoms with Crippen LogP contribution in [0.3, 0.4) is 0 Å². The number of nitrogens with zero attached hydrogens (tertiary/aromatic N) is 2. The molecule has 138 valence electrons. The molecular weight excluding hydrogens is 425 g/mol. The average Bonchev–Trinajstić information content (AvgIpc) is 3.04. The van der Waals surface area contributed by atoms with E-state index < -0.39 is 0 Å². The average molecular weight is 455 g/mol. The van der Waals surface area contributed by atoms with Crippen LogP contribution < -0.4 is 5.32 Å². The van der Waals surface area contributed by atoms with Gasteiger partial charge in [0.2, 0.25) is 0 Å². The SMILES string of the molecule is CN=C(NCC1(Cc2ccccc2)CC1)N1CCC2(CCOC2)C1.I. The van der Waals surface area contributed by atoms with E-state index in [9.17, 15) is 0 Å². The number of benzene rings is 1. The third-order valence-corrected chi connectivity index (χ3v) is 6.14. The highest BCUT2D eigenvalue weighted by Crippen LogP contribution is 2.48. The molecule has 0 radical (unpaired) electrons. The van der Waals surface area contributed by atoms with Crippen molar-refractivity contribution in [3.8, 4) is 0 Å². The molecule has 2 heterocycles. The van der Waals surface area contributed by atoms with Crippen LogP contribution >= 0.6 is 24.0 Å². The van der Waals surface area contributed by atoms with Crippen LogP contribution in [0.4, 0.5) is 0 Å². The predicted octanol–water partition coefficient (Wildman–Crippen LogP) is 3.32. The molecule has 1 atom stereocenters. The van der Waals surface area contributed by atoms with E-state index in [0.717, 1.165) is 38.8 Å². The minimum absolute atomic E-state index is 0. The lowest BCUT2D eigenvalue weighted by atomic mass is 9.87. The van der Waals surface area contributed by atoms with Gasteiger partial charge in [0.25, 0.3) is 0 Å². The summed E-state index contributed by atoms with van der Waals surface area (Å²) in [5.74, 6) is 1.08. The molecule has 0 aromatic heterocycles. The second-order valence-corrected chi connectivity index (χ2v) is 8.04. The largest absolute Gasteiger partial charge is 0.381 e. The second-order valence-electron chi connectivity index (χ2n) is 8.04. The molecule has 1 spiro atoms. The van der Waals surface area contributed by atoms with Gasteiger partial charge in [-0.05, 0) is 43.1 Å². The van der Waals surface area contributed by atoms with E-state index in [1.807, 2.05) is 7.05 Å². The summed E-state index contributed by atoms with van der Waals surface area (Å²) in [6.45, 7) is 5.10. The first-order valence-electron chi connectivity index (χ1n) is 9.30. The molecule has 3 aliphatic rings. The van der Waals surface area contributed by atoms with Crippen LogP contribution in [0.15, 0.2) is 35.3 Å². The van der Waals surface area contributed by atoms with E-state index in [4.69, 9.17) is 4.74 Å². The van der Waals surface area contributed by atoms with Crippen molar-refractivity contribution >= 4 is 29.9 Å². The van der Waals surface area contributed by atoms with Gasteiger partial charge in [0.15, 0.2) is 5.96 Å². The molecule has 0 amide bonds. The van der Waals surface area contributed by atoms with E-state index >= 15 is 0 Å². The number of guanidine groups is 1. The van der Waals surface area contributed by atoms with Gasteiger partial charge < -0.3 is 15.0 Å². The number of halogens is 1. The van der Waals surface area contributed by atoms with Crippen molar-refractivity contribution < 1.29 is 4.74 Å². The van der Waals surface area contributed by atoms with Crippen LogP contribution in [-0.2, 0) is 11.2 Å². The maximum Gasteiger partial charge on any atom is 0.193 e. The third-order valence-electron chi connectivity index (χ3n) is 6.14. The van der Waals surface area contributed by atoms with Crippen LogP contribution in [0, 0.1) is 10.8 Å². The fourth-order valence-corrected chi connectivity index (χ4v) is 4.31. The van der Waals surface area contributed by atoms with Crippen LogP contribution in [0.5, 0.6) is 0 Å². The van der Waals surface area contributed by atoms with E-state index in [1.54, 1.807) is 0 Å². The molecule has 3 fully saturated rings. The Morgan fingerprint density at radius 3 is 2.64 bits per heavy atom. The maximum atomic E-state index is 5.65. The first kappa shape index (κ1) is 19.0. The lowest BCUT2D eigenvalue weighted by Crippen LogP contribution is -2.43. The summed E-state index contributed by atoms with van der Waals surface area (Å²) in [6.07, 6.45) is 6.27. The molecular formula is C20H30IN3O. The zero-order chi connectivity index (χ0) is 16.5. The lowest BCUT2D eigenvalue weighted by molar-refractivity contribution is 0.156.